The van der Waals surface area contributed by atoms with Crippen molar-refractivity contribution in [2.45, 2.75) is 12.7 Å². The highest BCUT2D eigenvalue weighted by molar-refractivity contribution is 6.01. The first-order chi connectivity index (χ1) is 12.7. The van der Waals surface area contributed by atoms with Gasteiger partial charge in [-0.3, -0.25) is 4.79 Å². The molecule has 6 nitrogen and oxygen atoms in total. The van der Waals surface area contributed by atoms with Crippen LogP contribution in [0.25, 0.3) is 0 Å². The summed E-state index contributed by atoms with van der Waals surface area (Å²) in [4.78, 5) is 14.8. The Morgan fingerprint density at radius 2 is 2.04 bits per heavy atom. The number of phenols is 1. The van der Waals surface area contributed by atoms with Gasteiger partial charge in [0.05, 0.1) is 25.5 Å². The molecule has 1 atom stereocenters. The summed E-state index contributed by atoms with van der Waals surface area (Å²) in [6.45, 7) is 0.320. The van der Waals surface area contributed by atoms with Gasteiger partial charge in [0.15, 0.2) is 11.5 Å². The average Bonchev–Trinajstić information content (AvgIpc) is 3.18. The second-order valence-corrected chi connectivity index (χ2v) is 6.04. The van der Waals surface area contributed by atoms with E-state index in [1.165, 1.54) is 7.11 Å². The van der Waals surface area contributed by atoms with E-state index in [9.17, 15) is 9.90 Å². The predicted molar refractivity (Wildman–Crippen MR) is 96.0 cm³/mol. The quantitative estimate of drug-likeness (QED) is 0.749. The molecule has 2 heterocycles. The summed E-state index contributed by atoms with van der Waals surface area (Å²) >= 11 is 0. The number of hydrogen-bond acceptors (Lipinski definition) is 5. The number of carbonyl (C=O) groups is 1. The zero-order valence-corrected chi connectivity index (χ0v) is 14.2. The lowest BCUT2D eigenvalue weighted by molar-refractivity contribution is 0.0651. The van der Waals surface area contributed by atoms with Crippen molar-refractivity contribution in [3.05, 3.63) is 77.7 Å². The molecule has 6 heteroatoms. The molecule has 0 bridgehead atoms. The van der Waals surface area contributed by atoms with Crippen LogP contribution < -0.4 is 10.1 Å². The Hall–Kier alpha value is -3.41. The van der Waals surface area contributed by atoms with Crippen molar-refractivity contribution in [3.63, 3.8) is 0 Å². The molecule has 1 aromatic heterocycles. The number of benzene rings is 2. The molecule has 3 aromatic rings. The summed E-state index contributed by atoms with van der Waals surface area (Å²) in [5, 5.41) is 13.3. The van der Waals surface area contributed by atoms with E-state index in [1.807, 2.05) is 24.3 Å². The Balaban J connectivity index is 1.78. The minimum absolute atomic E-state index is 0.0522. The first-order valence-electron chi connectivity index (χ1n) is 8.23. The number of methoxy groups -OCH3 is 1. The van der Waals surface area contributed by atoms with E-state index < -0.39 is 6.17 Å². The number of carbonyl (C=O) groups excluding carboxylic acids is 1. The first kappa shape index (κ1) is 16.1. The number of nitrogens with zero attached hydrogens (tertiary/aromatic N) is 1. The van der Waals surface area contributed by atoms with Gasteiger partial charge in [-0.15, -0.1) is 0 Å². The van der Waals surface area contributed by atoms with Crippen LogP contribution in [0.2, 0.25) is 0 Å². The van der Waals surface area contributed by atoms with Crippen LogP contribution in [-0.4, -0.2) is 23.0 Å². The number of hydrogen-bond donors (Lipinski definition) is 2. The molecule has 4 rings (SSSR count). The van der Waals surface area contributed by atoms with Crippen LogP contribution in [0.5, 0.6) is 11.5 Å². The van der Waals surface area contributed by atoms with Crippen molar-refractivity contribution < 1.29 is 19.1 Å². The fraction of sp³-hybridized carbons (Fsp3) is 0.150. The van der Waals surface area contributed by atoms with Gasteiger partial charge in [-0.05, 0) is 42.0 Å². The maximum absolute atomic E-state index is 13.1. The number of aromatic hydroxyl groups is 1. The standard InChI is InChI=1S/C20H18N2O4/c1-25-18-11-13(8-9-17(18)23)19-21-16-7-3-2-6-15(16)20(24)22(19)12-14-5-4-10-26-14/h2-11,19,21,23H,12H2,1H3/t19-/m0/s1. The Kier molecular flexibility index (Phi) is 4.01. The number of ether oxygens (including phenoxy) is 1. The van der Waals surface area contributed by atoms with Crippen molar-refractivity contribution in [1.29, 1.82) is 0 Å². The van der Waals surface area contributed by atoms with Gasteiger partial charge in [-0.1, -0.05) is 18.2 Å². The molecule has 26 heavy (non-hydrogen) atoms. The lowest BCUT2D eigenvalue weighted by atomic mass is 10.0. The highest BCUT2D eigenvalue weighted by Gasteiger charge is 2.33. The van der Waals surface area contributed by atoms with Crippen molar-refractivity contribution in [1.82, 2.24) is 4.90 Å². The molecule has 0 saturated carbocycles. The molecule has 1 aliphatic rings. The van der Waals surface area contributed by atoms with E-state index in [-0.39, 0.29) is 11.7 Å². The van der Waals surface area contributed by atoms with E-state index in [0.717, 1.165) is 11.3 Å². The van der Waals surface area contributed by atoms with Gasteiger partial charge in [0.25, 0.3) is 5.91 Å². The van der Waals surface area contributed by atoms with E-state index >= 15 is 0 Å². The number of fused-ring (bicyclic) bond motifs is 1. The number of anilines is 1. The molecular weight excluding hydrogens is 332 g/mol. The predicted octanol–water partition coefficient (Wildman–Crippen LogP) is 3.76. The van der Waals surface area contributed by atoms with Crippen LogP contribution >= 0.6 is 0 Å². The number of amides is 1. The zero-order valence-electron chi connectivity index (χ0n) is 14.2. The highest BCUT2D eigenvalue weighted by atomic mass is 16.5. The Labute approximate surface area is 150 Å². The van der Waals surface area contributed by atoms with E-state index in [4.69, 9.17) is 9.15 Å². The van der Waals surface area contributed by atoms with Gasteiger partial charge in [-0.2, -0.15) is 0 Å². The maximum atomic E-state index is 13.1. The SMILES string of the molecule is COc1cc([C@H]2Nc3ccccc3C(=O)N2Cc2ccco2)ccc1O. The third kappa shape index (κ3) is 2.75. The molecule has 0 aliphatic carbocycles. The smallest absolute Gasteiger partial charge is 0.258 e. The third-order valence-electron chi connectivity index (χ3n) is 4.45. The van der Waals surface area contributed by atoms with Crippen LogP contribution in [0.4, 0.5) is 5.69 Å². The monoisotopic (exact) mass is 350 g/mol. The van der Waals surface area contributed by atoms with Crippen LogP contribution in [0, 0.1) is 0 Å². The lowest BCUT2D eigenvalue weighted by Crippen LogP contribution is -2.42. The third-order valence-corrected chi connectivity index (χ3v) is 4.45. The van der Waals surface area contributed by atoms with Crippen LogP contribution in [0.3, 0.4) is 0 Å². The van der Waals surface area contributed by atoms with E-state index in [0.29, 0.717) is 23.6 Å². The summed E-state index contributed by atoms with van der Waals surface area (Å²) in [6, 6.07) is 16.1. The number of furan rings is 1. The Morgan fingerprint density at radius 1 is 1.19 bits per heavy atom. The number of nitrogens with one attached hydrogen (secondary N) is 1. The van der Waals surface area contributed by atoms with Gasteiger partial charge < -0.3 is 24.5 Å². The minimum Gasteiger partial charge on any atom is -0.504 e. The zero-order chi connectivity index (χ0) is 18.1. The van der Waals surface area contributed by atoms with Crippen molar-refractivity contribution in [2.24, 2.45) is 0 Å². The van der Waals surface area contributed by atoms with Gasteiger partial charge >= 0.3 is 0 Å². The summed E-state index contributed by atoms with van der Waals surface area (Å²) in [6.07, 6.45) is 1.17. The van der Waals surface area contributed by atoms with Gasteiger partial charge in [0.1, 0.15) is 11.9 Å². The molecule has 2 aromatic carbocycles. The number of phenolic OH excluding ortho intramolecular Hbond substituents is 1. The fourth-order valence-corrected chi connectivity index (χ4v) is 3.15. The summed E-state index contributed by atoms with van der Waals surface area (Å²) < 4.78 is 10.6. The second kappa shape index (κ2) is 6.48. The first-order valence-corrected chi connectivity index (χ1v) is 8.23. The topological polar surface area (TPSA) is 74.9 Å². The van der Waals surface area contributed by atoms with Crippen LogP contribution in [0.1, 0.15) is 27.8 Å². The molecule has 2 N–H and O–H groups in total. The van der Waals surface area contributed by atoms with Crippen LogP contribution in [-0.2, 0) is 6.54 Å². The minimum atomic E-state index is -0.419. The average molecular weight is 350 g/mol. The Bertz CT molecular complexity index is 937. The van der Waals surface area contributed by atoms with Gasteiger partial charge in [-0.25, -0.2) is 0 Å². The molecule has 0 spiro atoms. The number of rotatable bonds is 4. The van der Waals surface area contributed by atoms with Crippen molar-refractivity contribution >= 4 is 11.6 Å². The van der Waals surface area contributed by atoms with E-state index in [1.54, 1.807) is 41.5 Å². The lowest BCUT2D eigenvalue weighted by Gasteiger charge is -2.37. The molecule has 0 radical (unpaired) electrons. The molecule has 0 fully saturated rings. The molecule has 1 aliphatic heterocycles. The molecule has 0 saturated heterocycles. The summed E-state index contributed by atoms with van der Waals surface area (Å²) in [5.74, 6) is 1.01. The molecule has 132 valence electrons. The van der Waals surface area contributed by atoms with Crippen molar-refractivity contribution in [2.75, 3.05) is 12.4 Å². The van der Waals surface area contributed by atoms with Gasteiger partial charge in [0, 0.05) is 5.69 Å². The normalized spacial score (nSPS) is 16.1. The summed E-state index contributed by atoms with van der Waals surface area (Å²) in [5.41, 5.74) is 2.18. The molecular formula is C20H18N2O4. The molecule has 0 unspecified atom stereocenters. The fourth-order valence-electron chi connectivity index (χ4n) is 3.15. The van der Waals surface area contributed by atoms with E-state index in [2.05, 4.69) is 5.32 Å². The van der Waals surface area contributed by atoms with Crippen molar-refractivity contribution in [3.8, 4) is 11.5 Å². The largest absolute Gasteiger partial charge is 0.504 e. The summed E-state index contributed by atoms with van der Waals surface area (Å²) in [7, 11) is 1.49. The maximum Gasteiger partial charge on any atom is 0.258 e. The number of para-hydroxylation sites is 1. The highest BCUT2D eigenvalue weighted by Crippen LogP contribution is 2.37. The second-order valence-electron chi connectivity index (χ2n) is 6.04. The van der Waals surface area contributed by atoms with Gasteiger partial charge in [0.2, 0.25) is 0 Å². The Morgan fingerprint density at radius 3 is 2.81 bits per heavy atom. The molecule has 1 amide bonds. The van der Waals surface area contributed by atoms with Crippen LogP contribution in [0.15, 0.2) is 65.3 Å².